The third kappa shape index (κ3) is 2.61. The lowest BCUT2D eigenvalue weighted by molar-refractivity contribution is 0.0432. The van der Waals surface area contributed by atoms with E-state index in [2.05, 4.69) is 10.1 Å². The third-order valence-corrected chi connectivity index (χ3v) is 6.29. The molecule has 8 heteroatoms. The summed E-state index contributed by atoms with van der Waals surface area (Å²) in [7, 11) is 1.86. The van der Waals surface area contributed by atoms with Gasteiger partial charge in [-0.1, -0.05) is 29.8 Å². The molecule has 1 atom stereocenters. The fourth-order valence-corrected chi connectivity index (χ4v) is 4.68. The van der Waals surface area contributed by atoms with Gasteiger partial charge >= 0.3 is 5.76 Å². The first-order valence-corrected chi connectivity index (χ1v) is 9.67. The third-order valence-electron chi connectivity index (χ3n) is 5.97. The van der Waals surface area contributed by atoms with E-state index in [-0.39, 0.29) is 23.9 Å². The normalized spacial score (nSPS) is 23.7. The van der Waals surface area contributed by atoms with Gasteiger partial charge in [0.2, 0.25) is 0 Å². The lowest BCUT2D eigenvalue weighted by Gasteiger charge is -2.43. The molecule has 1 aliphatic heterocycles. The number of carbonyl (C=O) groups excluding carboxylic acids is 1. The van der Waals surface area contributed by atoms with E-state index in [9.17, 15) is 9.59 Å². The predicted octanol–water partition coefficient (Wildman–Crippen LogP) is 3.04. The van der Waals surface area contributed by atoms with Crippen LogP contribution in [0, 0.1) is 0 Å². The van der Waals surface area contributed by atoms with Crippen molar-refractivity contribution in [3.8, 4) is 0 Å². The van der Waals surface area contributed by atoms with Crippen LogP contribution in [-0.4, -0.2) is 31.6 Å². The van der Waals surface area contributed by atoms with E-state index in [4.69, 9.17) is 16.0 Å². The second kappa shape index (κ2) is 6.38. The van der Waals surface area contributed by atoms with E-state index in [1.807, 2.05) is 36.2 Å². The first-order chi connectivity index (χ1) is 13.5. The van der Waals surface area contributed by atoms with Crippen LogP contribution >= 0.6 is 11.6 Å². The Hall–Kier alpha value is -2.80. The van der Waals surface area contributed by atoms with Gasteiger partial charge in [0.25, 0.3) is 5.91 Å². The van der Waals surface area contributed by atoms with E-state index in [1.165, 1.54) is 0 Å². The number of hydrogen-bond acceptors (Lipinski definition) is 4. The Labute approximate surface area is 165 Å². The zero-order chi connectivity index (χ0) is 19.4. The van der Waals surface area contributed by atoms with Gasteiger partial charge in [0.15, 0.2) is 0 Å². The monoisotopic (exact) mass is 398 g/mol. The summed E-state index contributed by atoms with van der Waals surface area (Å²) in [4.78, 5) is 29.0. The van der Waals surface area contributed by atoms with Crippen LogP contribution in [0.1, 0.15) is 52.2 Å². The van der Waals surface area contributed by atoms with Crippen LogP contribution in [0.25, 0.3) is 0 Å². The molecule has 0 spiro atoms. The molecule has 28 heavy (non-hydrogen) atoms. The maximum Gasteiger partial charge on any atom is 0.416 e. The van der Waals surface area contributed by atoms with Crippen molar-refractivity contribution in [1.82, 2.24) is 19.7 Å². The molecule has 3 aromatic rings. The number of benzene rings is 1. The lowest BCUT2D eigenvalue weighted by atomic mass is 9.77. The molecule has 1 N–H and O–H groups in total. The molecule has 144 valence electrons. The Morgan fingerprint density at radius 3 is 2.75 bits per heavy atom. The fraction of sp³-hybridized carbons (Fsp3) is 0.350. The number of oxazole rings is 1. The molecular formula is C20H19ClN4O3. The zero-order valence-electron chi connectivity index (χ0n) is 15.3. The summed E-state index contributed by atoms with van der Waals surface area (Å²) in [6.45, 7) is 0. The minimum Gasteiger partial charge on any atom is -0.413 e. The summed E-state index contributed by atoms with van der Waals surface area (Å²) in [5, 5.41) is 4.84. The van der Waals surface area contributed by atoms with Crippen LogP contribution in [0.3, 0.4) is 0 Å². The first kappa shape index (κ1) is 17.3. The summed E-state index contributed by atoms with van der Waals surface area (Å²) in [6.07, 6.45) is 5.42. The summed E-state index contributed by atoms with van der Waals surface area (Å²) < 4.78 is 6.95. The number of rotatable bonds is 4. The molecule has 1 saturated carbocycles. The standard InChI is InChI=1S/C20H19ClN4O3/c1-24-17(15(21)9-23-24)8-16-13-4-2-3-5-14(13)19(26)25(16)12-6-11(7-12)18-10-22-20(27)28-18/h2-5,9-12,16H,6-8H2,1H3,(H,22,27)/t11?,12?,16-/m1/s1. The van der Waals surface area contributed by atoms with Crippen molar-refractivity contribution in [2.75, 3.05) is 0 Å². The number of aryl methyl sites for hydroxylation is 1. The smallest absolute Gasteiger partial charge is 0.413 e. The van der Waals surface area contributed by atoms with Crippen LogP contribution in [0.4, 0.5) is 0 Å². The van der Waals surface area contributed by atoms with Crippen LogP contribution in [-0.2, 0) is 13.5 Å². The average molecular weight is 399 g/mol. The van der Waals surface area contributed by atoms with Crippen LogP contribution in [0.2, 0.25) is 5.02 Å². The molecule has 1 fully saturated rings. The number of nitrogens with zero attached hydrogens (tertiary/aromatic N) is 3. The number of halogens is 1. The molecule has 0 unspecified atom stereocenters. The molecular weight excluding hydrogens is 380 g/mol. The zero-order valence-corrected chi connectivity index (χ0v) is 16.0. The van der Waals surface area contributed by atoms with E-state index in [0.29, 0.717) is 17.2 Å². The number of carbonyl (C=O) groups is 1. The molecule has 5 rings (SSSR count). The SMILES string of the molecule is Cn1ncc(Cl)c1C[C@@H]1c2ccccc2C(=O)N1C1CC(c2c[nH]c(=O)o2)C1. The number of aromatic amines is 1. The van der Waals surface area contributed by atoms with Gasteiger partial charge in [0.05, 0.1) is 23.0 Å². The quantitative estimate of drug-likeness (QED) is 0.732. The van der Waals surface area contributed by atoms with Crippen molar-refractivity contribution < 1.29 is 9.21 Å². The predicted molar refractivity (Wildman–Crippen MR) is 102 cm³/mol. The van der Waals surface area contributed by atoms with Crippen molar-refractivity contribution in [2.45, 2.75) is 37.3 Å². The summed E-state index contributed by atoms with van der Waals surface area (Å²) in [5.41, 5.74) is 2.69. The number of nitrogens with one attached hydrogen (secondary N) is 1. The molecule has 0 saturated heterocycles. The van der Waals surface area contributed by atoms with E-state index < -0.39 is 5.76 Å². The highest BCUT2D eigenvalue weighted by atomic mass is 35.5. The largest absolute Gasteiger partial charge is 0.416 e. The van der Waals surface area contributed by atoms with Gasteiger partial charge in [-0.25, -0.2) is 4.79 Å². The molecule has 1 aliphatic carbocycles. The van der Waals surface area contributed by atoms with Crippen molar-refractivity contribution >= 4 is 17.5 Å². The molecule has 1 amide bonds. The summed E-state index contributed by atoms with van der Waals surface area (Å²) >= 11 is 6.34. The molecule has 3 heterocycles. The second-order valence-electron chi connectivity index (χ2n) is 7.49. The van der Waals surface area contributed by atoms with Crippen LogP contribution < -0.4 is 5.76 Å². The van der Waals surface area contributed by atoms with Gasteiger partial charge in [-0.15, -0.1) is 0 Å². The van der Waals surface area contributed by atoms with Gasteiger partial charge in [0.1, 0.15) is 5.76 Å². The van der Waals surface area contributed by atoms with Crippen LogP contribution in [0.5, 0.6) is 0 Å². The maximum atomic E-state index is 13.2. The number of fused-ring (bicyclic) bond motifs is 1. The highest BCUT2D eigenvalue weighted by Gasteiger charge is 2.46. The topological polar surface area (TPSA) is 84.1 Å². The number of amides is 1. The Morgan fingerprint density at radius 1 is 1.29 bits per heavy atom. The van der Waals surface area contributed by atoms with E-state index in [1.54, 1.807) is 17.1 Å². The number of aromatic nitrogens is 3. The van der Waals surface area contributed by atoms with Crippen molar-refractivity contribution in [2.24, 2.45) is 7.05 Å². The van der Waals surface area contributed by atoms with Gasteiger partial charge in [-0.05, 0) is 24.5 Å². The van der Waals surface area contributed by atoms with Gasteiger partial charge in [-0.3, -0.25) is 14.5 Å². The van der Waals surface area contributed by atoms with Crippen LogP contribution in [0.15, 0.2) is 45.9 Å². The van der Waals surface area contributed by atoms with E-state index in [0.717, 1.165) is 29.7 Å². The molecule has 1 aromatic carbocycles. The Bertz CT molecular complexity index is 1090. The van der Waals surface area contributed by atoms with Crippen molar-refractivity contribution in [1.29, 1.82) is 0 Å². The van der Waals surface area contributed by atoms with Crippen molar-refractivity contribution in [3.63, 3.8) is 0 Å². The Balaban J connectivity index is 1.44. The van der Waals surface area contributed by atoms with Gasteiger partial charge in [0, 0.05) is 37.2 Å². The minimum absolute atomic E-state index is 0.0536. The Kier molecular flexibility index (Phi) is 3.94. The Morgan fingerprint density at radius 2 is 2.07 bits per heavy atom. The van der Waals surface area contributed by atoms with Crippen molar-refractivity contribution in [3.05, 3.63) is 74.8 Å². The second-order valence-corrected chi connectivity index (χ2v) is 7.89. The summed E-state index contributed by atoms with van der Waals surface area (Å²) in [5.74, 6) is 0.433. The molecule has 2 aliphatic rings. The molecule has 0 bridgehead atoms. The lowest BCUT2D eigenvalue weighted by Crippen LogP contribution is -2.46. The maximum absolute atomic E-state index is 13.2. The average Bonchev–Trinajstić information content (AvgIpc) is 3.29. The van der Waals surface area contributed by atoms with Gasteiger partial charge < -0.3 is 9.32 Å². The van der Waals surface area contributed by atoms with E-state index >= 15 is 0 Å². The highest BCUT2D eigenvalue weighted by Crippen LogP contribution is 2.47. The summed E-state index contributed by atoms with van der Waals surface area (Å²) in [6, 6.07) is 7.78. The fourth-order valence-electron chi connectivity index (χ4n) is 4.43. The number of H-pyrrole nitrogens is 1. The molecule has 0 radical (unpaired) electrons. The minimum atomic E-state index is -0.438. The van der Waals surface area contributed by atoms with Gasteiger partial charge in [-0.2, -0.15) is 5.10 Å². The number of hydrogen-bond donors (Lipinski definition) is 1. The first-order valence-electron chi connectivity index (χ1n) is 9.29. The molecule has 2 aromatic heterocycles. The highest BCUT2D eigenvalue weighted by molar-refractivity contribution is 6.31. The molecule has 7 nitrogen and oxygen atoms in total.